The van der Waals surface area contributed by atoms with E-state index < -0.39 is 12.0 Å². The van der Waals surface area contributed by atoms with E-state index in [0.29, 0.717) is 11.9 Å². The van der Waals surface area contributed by atoms with Crippen molar-refractivity contribution in [2.45, 2.75) is 40.2 Å². The molecule has 23 heavy (non-hydrogen) atoms. The molecule has 0 N–H and O–H groups in total. The van der Waals surface area contributed by atoms with Crippen molar-refractivity contribution in [1.82, 2.24) is 14.2 Å². The molecule has 0 aliphatic rings. The molecule has 6 nitrogen and oxygen atoms in total. The molecule has 0 amide bonds. The van der Waals surface area contributed by atoms with Crippen molar-refractivity contribution >= 4 is 33.0 Å². The maximum Gasteiger partial charge on any atom is 0.330 e. The predicted octanol–water partition coefficient (Wildman–Crippen LogP) is 2.71. The number of rotatable bonds is 4. The highest BCUT2D eigenvalue weighted by atomic mass is 32.1. The number of aromatic nitrogens is 3. The molecule has 0 aromatic carbocycles. The number of aryl methyl sites for hydroxylation is 2. The summed E-state index contributed by atoms with van der Waals surface area (Å²) in [6.45, 7) is 7.68. The summed E-state index contributed by atoms with van der Waals surface area (Å²) in [5.74, 6) is 0.307. The van der Waals surface area contributed by atoms with Gasteiger partial charge >= 0.3 is 5.97 Å². The van der Waals surface area contributed by atoms with Crippen molar-refractivity contribution in [2.24, 2.45) is 0 Å². The molecule has 0 saturated heterocycles. The summed E-state index contributed by atoms with van der Waals surface area (Å²) in [4.78, 5) is 25.9. The first-order valence-electron chi connectivity index (χ1n) is 7.67. The summed E-state index contributed by atoms with van der Waals surface area (Å²) in [6.07, 6.45) is 0.658. The molecule has 0 radical (unpaired) electrons. The van der Waals surface area contributed by atoms with Crippen LogP contribution in [0.2, 0.25) is 0 Å². The molecule has 3 aromatic heterocycles. The molecule has 1 atom stereocenters. The number of nitrogens with zero attached hydrogens (tertiary/aromatic N) is 3. The van der Waals surface area contributed by atoms with Crippen LogP contribution in [0, 0.1) is 6.92 Å². The first-order chi connectivity index (χ1) is 11.0. The van der Waals surface area contributed by atoms with E-state index in [0.717, 1.165) is 16.0 Å². The van der Waals surface area contributed by atoms with E-state index in [4.69, 9.17) is 4.74 Å². The summed E-state index contributed by atoms with van der Waals surface area (Å²) < 4.78 is 9.21. The van der Waals surface area contributed by atoms with Crippen LogP contribution in [0.5, 0.6) is 0 Å². The Balaban J connectivity index is 2.28. The summed E-state index contributed by atoms with van der Waals surface area (Å²) in [5.41, 5.74) is 1.28. The number of fused-ring (bicyclic) bond motifs is 3. The van der Waals surface area contributed by atoms with Crippen LogP contribution in [0.15, 0.2) is 16.9 Å². The lowest BCUT2D eigenvalue weighted by atomic mass is 10.3. The molecule has 0 bridgehead atoms. The molecular weight excluding hydrogens is 314 g/mol. The van der Waals surface area contributed by atoms with Crippen LogP contribution >= 0.6 is 11.3 Å². The van der Waals surface area contributed by atoms with Gasteiger partial charge in [-0.2, -0.15) is 5.10 Å². The van der Waals surface area contributed by atoms with Crippen LogP contribution in [0.4, 0.5) is 0 Å². The number of thiophene rings is 1. The summed E-state index contributed by atoms with van der Waals surface area (Å²) in [5, 5.41) is 4.42. The van der Waals surface area contributed by atoms with Crippen LogP contribution in [-0.2, 0) is 16.0 Å². The zero-order valence-corrected chi connectivity index (χ0v) is 14.4. The van der Waals surface area contributed by atoms with Gasteiger partial charge in [-0.1, -0.05) is 6.92 Å². The monoisotopic (exact) mass is 333 g/mol. The predicted molar refractivity (Wildman–Crippen MR) is 90.3 cm³/mol. The van der Waals surface area contributed by atoms with Gasteiger partial charge in [-0.25, -0.2) is 9.48 Å². The van der Waals surface area contributed by atoms with Crippen LogP contribution in [-0.4, -0.2) is 26.8 Å². The molecule has 3 aromatic rings. The zero-order valence-electron chi connectivity index (χ0n) is 13.6. The van der Waals surface area contributed by atoms with Crippen molar-refractivity contribution in [1.29, 1.82) is 0 Å². The smallest absolute Gasteiger partial charge is 0.330 e. The van der Waals surface area contributed by atoms with E-state index in [2.05, 4.69) is 11.2 Å². The third-order valence-electron chi connectivity index (χ3n) is 3.83. The van der Waals surface area contributed by atoms with Crippen LogP contribution < -0.4 is 5.56 Å². The Morgan fingerprint density at radius 2 is 2.09 bits per heavy atom. The Morgan fingerprint density at radius 1 is 1.35 bits per heavy atom. The molecule has 3 heterocycles. The highest BCUT2D eigenvalue weighted by Gasteiger charge is 2.22. The number of carbonyl (C=O) groups is 1. The van der Waals surface area contributed by atoms with Gasteiger partial charge in [-0.3, -0.25) is 9.20 Å². The second-order valence-electron chi connectivity index (χ2n) is 5.42. The van der Waals surface area contributed by atoms with Gasteiger partial charge in [-0.15, -0.1) is 11.3 Å². The minimum Gasteiger partial charge on any atom is -0.464 e. The fourth-order valence-corrected chi connectivity index (χ4v) is 3.68. The number of esters is 1. The Morgan fingerprint density at radius 3 is 2.74 bits per heavy atom. The van der Waals surface area contributed by atoms with Gasteiger partial charge in [0, 0.05) is 11.3 Å². The Hall–Kier alpha value is -2.15. The quantitative estimate of drug-likeness (QED) is 0.689. The molecule has 7 heteroatoms. The van der Waals surface area contributed by atoms with Crippen molar-refractivity contribution in [3.05, 3.63) is 33.2 Å². The number of hydrogen-bond acceptors (Lipinski definition) is 5. The summed E-state index contributed by atoms with van der Waals surface area (Å²) in [7, 11) is 0. The average Bonchev–Trinajstić information content (AvgIpc) is 3.04. The lowest BCUT2D eigenvalue weighted by Gasteiger charge is -2.15. The first kappa shape index (κ1) is 15.7. The second kappa shape index (κ2) is 5.81. The van der Waals surface area contributed by atoms with Crippen molar-refractivity contribution in [3.8, 4) is 0 Å². The molecule has 0 fully saturated rings. The standard InChI is InChI=1S/C16H19N3O3S/c1-5-14-17-19(10(4)16(21)22-6-2)15(20)12-8-13-11(18(12)14)7-9(3)23-13/h7-8,10H,5-6H2,1-4H3/t10-/m0/s1. The van der Waals surface area contributed by atoms with E-state index in [1.165, 1.54) is 9.56 Å². The largest absolute Gasteiger partial charge is 0.464 e. The molecule has 122 valence electrons. The highest BCUT2D eigenvalue weighted by Crippen LogP contribution is 2.28. The summed E-state index contributed by atoms with van der Waals surface area (Å²) >= 11 is 1.65. The van der Waals surface area contributed by atoms with E-state index in [1.807, 2.05) is 24.3 Å². The molecule has 0 aliphatic carbocycles. The Labute approximate surface area is 137 Å². The molecule has 3 rings (SSSR count). The van der Waals surface area contributed by atoms with E-state index in [1.54, 1.807) is 25.2 Å². The Bertz CT molecular complexity index is 951. The van der Waals surface area contributed by atoms with Gasteiger partial charge in [-0.05, 0) is 32.9 Å². The highest BCUT2D eigenvalue weighted by molar-refractivity contribution is 7.19. The van der Waals surface area contributed by atoms with Gasteiger partial charge < -0.3 is 4.74 Å². The van der Waals surface area contributed by atoms with Gasteiger partial charge in [0.2, 0.25) is 0 Å². The molecular formula is C16H19N3O3S. The molecule has 0 saturated carbocycles. The minimum absolute atomic E-state index is 0.274. The van der Waals surface area contributed by atoms with Crippen molar-refractivity contribution in [3.63, 3.8) is 0 Å². The molecule has 0 aliphatic heterocycles. The SMILES string of the molecule is CCOC(=O)[C@H](C)n1nc(CC)n2c(cc3sc(C)cc32)c1=O. The van der Waals surface area contributed by atoms with E-state index in [-0.39, 0.29) is 12.2 Å². The minimum atomic E-state index is -0.743. The second-order valence-corrected chi connectivity index (χ2v) is 6.71. The zero-order chi connectivity index (χ0) is 16.7. The number of carbonyl (C=O) groups excluding carboxylic acids is 1. The normalized spacial score (nSPS) is 12.9. The third kappa shape index (κ3) is 2.45. The van der Waals surface area contributed by atoms with Crippen molar-refractivity contribution in [2.75, 3.05) is 6.61 Å². The van der Waals surface area contributed by atoms with Gasteiger partial charge in [0.25, 0.3) is 5.56 Å². The lowest BCUT2D eigenvalue weighted by Crippen LogP contribution is -2.33. The van der Waals surface area contributed by atoms with Gasteiger partial charge in [0.1, 0.15) is 11.3 Å². The average molecular weight is 333 g/mol. The third-order valence-corrected chi connectivity index (χ3v) is 4.82. The molecule has 0 spiro atoms. The van der Waals surface area contributed by atoms with Crippen LogP contribution in [0.1, 0.15) is 37.5 Å². The summed E-state index contributed by atoms with van der Waals surface area (Å²) in [6, 6.07) is 3.20. The maximum atomic E-state index is 12.8. The van der Waals surface area contributed by atoms with Gasteiger partial charge in [0.05, 0.1) is 16.8 Å². The van der Waals surface area contributed by atoms with Crippen molar-refractivity contribution < 1.29 is 9.53 Å². The van der Waals surface area contributed by atoms with Crippen LogP contribution in [0.3, 0.4) is 0 Å². The fraction of sp³-hybridized carbons (Fsp3) is 0.438. The number of hydrogen-bond donors (Lipinski definition) is 0. The molecule has 0 unspecified atom stereocenters. The number of ether oxygens (including phenoxy) is 1. The van der Waals surface area contributed by atoms with E-state index in [9.17, 15) is 9.59 Å². The lowest BCUT2D eigenvalue weighted by molar-refractivity contribution is -0.147. The first-order valence-corrected chi connectivity index (χ1v) is 8.49. The maximum absolute atomic E-state index is 12.8. The van der Waals surface area contributed by atoms with Crippen LogP contribution in [0.25, 0.3) is 15.7 Å². The van der Waals surface area contributed by atoms with Gasteiger partial charge in [0.15, 0.2) is 6.04 Å². The Kier molecular flexibility index (Phi) is 3.97. The fourth-order valence-electron chi connectivity index (χ4n) is 2.74. The van der Waals surface area contributed by atoms with E-state index >= 15 is 0 Å². The topological polar surface area (TPSA) is 65.6 Å².